The lowest BCUT2D eigenvalue weighted by Crippen LogP contribution is -2.29. The van der Waals surface area contributed by atoms with Crippen molar-refractivity contribution in [2.75, 3.05) is 0 Å². The smallest absolute Gasteiger partial charge is 0.423 e. The topological polar surface area (TPSA) is 114 Å². The fourth-order valence-corrected chi connectivity index (χ4v) is 2.69. The summed E-state index contributed by atoms with van der Waals surface area (Å²) >= 11 is 5.09. The Morgan fingerprint density at radius 2 is 1.19 bits per heavy atom. The van der Waals surface area contributed by atoms with E-state index in [1.54, 1.807) is 36.4 Å². The minimum atomic E-state index is -1.50. The number of nitriles is 2. The van der Waals surface area contributed by atoms with Crippen LogP contribution in [0.25, 0.3) is 11.1 Å². The Hall–Kier alpha value is -4.29. The van der Waals surface area contributed by atoms with Crippen LogP contribution in [0, 0.1) is 45.9 Å². The van der Waals surface area contributed by atoms with Crippen molar-refractivity contribution in [3.8, 4) is 23.3 Å². The van der Waals surface area contributed by atoms with E-state index in [9.17, 15) is 17.6 Å². The lowest BCUT2D eigenvalue weighted by atomic mass is 9.80. The van der Waals surface area contributed by atoms with Gasteiger partial charge in [-0.2, -0.15) is 10.5 Å². The molecule has 2 heterocycles. The van der Waals surface area contributed by atoms with E-state index in [4.69, 9.17) is 32.2 Å². The van der Waals surface area contributed by atoms with E-state index in [1.807, 2.05) is 12.1 Å². The van der Waals surface area contributed by atoms with Crippen molar-refractivity contribution in [2.45, 2.75) is 0 Å². The Morgan fingerprint density at radius 1 is 0.722 bits per heavy atom. The second kappa shape index (κ2) is 13.6. The van der Waals surface area contributed by atoms with Gasteiger partial charge in [0.2, 0.25) is 0 Å². The number of hydrogen-bond donors (Lipinski definition) is 2. The minimum Gasteiger partial charge on any atom is -0.423 e. The first kappa shape index (κ1) is 28.0. The highest BCUT2D eigenvalue weighted by Gasteiger charge is 2.12. The molecule has 0 fully saturated rings. The third kappa shape index (κ3) is 7.89. The zero-order valence-corrected chi connectivity index (χ0v) is 18.8. The summed E-state index contributed by atoms with van der Waals surface area (Å²) in [6.07, 6.45) is 3.59. The Balaban J connectivity index is 0.000000200. The maximum absolute atomic E-state index is 13.4. The molecule has 0 aliphatic carbocycles. The number of nitrogens with zero attached hydrogens (tertiary/aromatic N) is 4. The standard InChI is InChI=1S/C12H6F2N2.C7H6BNO2.C5H2ClF2N/c13-10-6-16-7-11(14)12(10)9-3-1-2-8(4-9)5-15;9-5-6-2-1-3-7(4-6)8(10)11;6-5-3(7)1-9-2-4(5)8/h1-4,6-7H;1-4,10-11H;1-2H. The maximum Gasteiger partial charge on any atom is 0.488 e. The summed E-state index contributed by atoms with van der Waals surface area (Å²) in [5.41, 5.74) is 1.29. The van der Waals surface area contributed by atoms with Crippen molar-refractivity contribution in [2.24, 2.45) is 0 Å². The molecule has 0 spiro atoms. The first-order valence-electron chi connectivity index (χ1n) is 9.78. The molecule has 4 rings (SSSR count). The minimum absolute atomic E-state index is 0.160. The summed E-state index contributed by atoms with van der Waals surface area (Å²) in [6, 6.07) is 16.1. The molecule has 2 aromatic carbocycles. The van der Waals surface area contributed by atoms with Gasteiger partial charge in [0.25, 0.3) is 0 Å². The van der Waals surface area contributed by atoms with Gasteiger partial charge in [0.1, 0.15) is 5.02 Å². The number of rotatable bonds is 2. The number of aromatic nitrogens is 2. The predicted octanol–water partition coefficient (Wildman–Crippen LogP) is 4.15. The summed E-state index contributed by atoms with van der Waals surface area (Å²) in [5.74, 6) is -3.15. The number of halogens is 5. The molecule has 36 heavy (non-hydrogen) atoms. The van der Waals surface area contributed by atoms with Gasteiger partial charge in [-0.3, -0.25) is 9.97 Å². The van der Waals surface area contributed by atoms with E-state index < -0.39 is 35.4 Å². The van der Waals surface area contributed by atoms with Crippen LogP contribution >= 0.6 is 11.6 Å². The summed E-state index contributed by atoms with van der Waals surface area (Å²) in [5, 5.41) is 34.0. The fourth-order valence-electron chi connectivity index (χ4n) is 2.60. The average Bonchev–Trinajstić information content (AvgIpc) is 2.88. The molecule has 0 aliphatic rings. The van der Waals surface area contributed by atoms with Gasteiger partial charge in [-0.15, -0.1) is 0 Å². The summed E-state index contributed by atoms with van der Waals surface area (Å²) in [7, 11) is -1.50. The van der Waals surface area contributed by atoms with Crippen LogP contribution in [0.4, 0.5) is 17.6 Å². The van der Waals surface area contributed by atoms with E-state index in [0.29, 0.717) is 22.2 Å². The second-order valence-corrected chi connectivity index (χ2v) is 7.08. The third-order valence-electron chi connectivity index (χ3n) is 4.24. The van der Waals surface area contributed by atoms with E-state index in [-0.39, 0.29) is 5.56 Å². The van der Waals surface area contributed by atoms with Gasteiger partial charge < -0.3 is 10.0 Å². The SMILES string of the molecule is Fc1cncc(F)c1Cl.N#Cc1cccc(-c2c(F)cncc2F)c1.N#Cc1cccc(B(O)O)c1. The van der Waals surface area contributed by atoms with Crippen LogP contribution in [0.2, 0.25) is 5.02 Å². The first-order valence-corrected chi connectivity index (χ1v) is 10.2. The van der Waals surface area contributed by atoms with Crippen LogP contribution in [-0.4, -0.2) is 27.1 Å². The summed E-state index contributed by atoms with van der Waals surface area (Å²) in [4.78, 5) is 6.61. The van der Waals surface area contributed by atoms with Gasteiger partial charge in [0.15, 0.2) is 23.3 Å². The molecule has 0 saturated heterocycles. The maximum atomic E-state index is 13.4. The highest BCUT2D eigenvalue weighted by molar-refractivity contribution is 6.58. The largest absolute Gasteiger partial charge is 0.488 e. The van der Waals surface area contributed by atoms with Crippen LogP contribution in [0.1, 0.15) is 11.1 Å². The van der Waals surface area contributed by atoms with Crippen molar-refractivity contribution < 1.29 is 27.6 Å². The van der Waals surface area contributed by atoms with Crippen LogP contribution in [-0.2, 0) is 0 Å². The average molecular weight is 513 g/mol. The summed E-state index contributed by atoms with van der Waals surface area (Å²) < 4.78 is 51.1. The molecule has 180 valence electrons. The Morgan fingerprint density at radius 3 is 1.67 bits per heavy atom. The molecule has 0 unspecified atom stereocenters. The van der Waals surface area contributed by atoms with Crippen molar-refractivity contribution in [3.05, 3.63) is 113 Å². The van der Waals surface area contributed by atoms with Crippen molar-refractivity contribution in [1.29, 1.82) is 10.5 Å². The molecule has 2 N–H and O–H groups in total. The molecule has 0 bridgehead atoms. The Bertz CT molecular complexity index is 1390. The van der Waals surface area contributed by atoms with Crippen molar-refractivity contribution in [1.82, 2.24) is 9.97 Å². The molecule has 0 amide bonds. The van der Waals surface area contributed by atoms with E-state index in [2.05, 4.69) is 9.97 Å². The van der Waals surface area contributed by atoms with Gasteiger partial charge in [0.05, 0.1) is 53.6 Å². The molecule has 0 aliphatic heterocycles. The lowest BCUT2D eigenvalue weighted by Gasteiger charge is -2.04. The van der Waals surface area contributed by atoms with E-state index in [0.717, 1.165) is 24.8 Å². The van der Waals surface area contributed by atoms with Crippen LogP contribution in [0.5, 0.6) is 0 Å². The molecule has 12 heteroatoms. The molecule has 0 saturated carbocycles. The molecule has 4 aromatic rings. The number of hydrogen-bond acceptors (Lipinski definition) is 6. The first-order chi connectivity index (χ1) is 17.2. The van der Waals surface area contributed by atoms with E-state index >= 15 is 0 Å². The quantitative estimate of drug-likeness (QED) is 0.308. The third-order valence-corrected chi connectivity index (χ3v) is 4.60. The Kier molecular flexibility index (Phi) is 10.5. The van der Waals surface area contributed by atoms with Crippen LogP contribution < -0.4 is 5.46 Å². The molecular weight excluding hydrogens is 499 g/mol. The zero-order valence-electron chi connectivity index (χ0n) is 18.1. The number of benzene rings is 2. The molecule has 2 aromatic heterocycles. The fraction of sp³-hybridized carbons (Fsp3) is 0. The molecule has 6 nitrogen and oxygen atoms in total. The van der Waals surface area contributed by atoms with Crippen LogP contribution in [0.15, 0.2) is 73.3 Å². The van der Waals surface area contributed by atoms with Gasteiger partial charge in [-0.1, -0.05) is 35.9 Å². The molecular formula is C24H14BClF4N4O2. The Labute approximate surface area is 208 Å². The summed E-state index contributed by atoms with van der Waals surface area (Å²) in [6.45, 7) is 0. The zero-order chi connectivity index (χ0) is 26.7. The second-order valence-electron chi connectivity index (χ2n) is 6.70. The monoisotopic (exact) mass is 512 g/mol. The highest BCUT2D eigenvalue weighted by Crippen LogP contribution is 2.25. The van der Waals surface area contributed by atoms with Gasteiger partial charge in [0, 0.05) is 0 Å². The number of pyridine rings is 2. The van der Waals surface area contributed by atoms with Crippen molar-refractivity contribution >= 4 is 24.2 Å². The highest BCUT2D eigenvalue weighted by atomic mass is 35.5. The van der Waals surface area contributed by atoms with Crippen molar-refractivity contribution in [3.63, 3.8) is 0 Å². The lowest BCUT2D eigenvalue weighted by molar-refractivity contribution is 0.426. The van der Waals surface area contributed by atoms with Gasteiger partial charge in [-0.25, -0.2) is 17.6 Å². The molecule has 0 radical (unpaired) electrons. The van der Waals surface area contributed by atoms with Gasteiger partial charge >= 0.3 is 7.12 Å². The van der Waals surface area contributed by atoms with E-state index in [1.165, 1.54) is 12.1 Å². The van der Waals surface area contributed by atoms with Gasteiger partial charge in [-0.05, 0) is 35.3 Å². The van der Waals surface area contributed by atoms with Crippen LogP contribution in [0.3, 0.4) is 0 Å². The molecule has 0 atom stereocenters. The predicted molar refractivity (Wildman–Crippen MR) is 124 cm³/mol. The normalized spacial score (nSPS) is 9.47.